The third kappa shape index (κ3) is 7.94. The molecule has 33 heavy (non-hydrogen) atoms. The number of ether oxygens (including phenoxy) is 1. The molecule has 0 saturated heterocycles. The third-order valence-corrected chi connectivity index (χ3v) is 6.36. The van der Waals surface area contributed by atoms with Crippen LogP contribution in [0.1, 0.15) is 17.5 Å². The van der Waals surface area contributed by atoms with Gasteiger partial charge in [0.25, 0.3) is 0 Å². The monoisotopic (exact) mass is 483 g/mol. The SMILES string of the molecule is NC(C=CC(=O)O)(CO)CCc1ccc(Sc2cccc(OCc3ccccc3)c2)cc1Cl. The maximum Gasteiger partial charge on any atom is 0.328 e. The van der Waals surface area contributed by atoms with Gasteiger partial charge in [-0.25, -0.2) is 4.79 Å². The zero-order valence-electron chi connectivity index (χ0n) is 18.0. The molecule has 1 unspecified atom stereocenters. The summed E-state index contributed by atoms with van der Waals surface area (Å²) in [6, 6.07) is 23.7. The fourth-order valence-corrected chi connectivity index (χ4v) is 4.36. The Kier molecular flexibility index (Phi) is 8.97. The smallest absolute Gasteiger partial charge is 0.328 e. The quantitative estimate of drug-likeness (QED) is 0.319. The molecule has 172 valence electrons. The van der Waals surface area contributed by atoms with E-state index in [2.05, 4.69) is 0 Å². The van der Waals surface area contributed by atoms with Crippen LogP contribution in [0, 0.1) is 0 Å². The van der Waals surface area contributed by atoms with Crippen LogP contribution < -0.4 is 10.5 Å². The Bertz CT molecular complexity index is 1110. The molecule has 3 aromatic rings. The van der Waals surface area contributed by atoms with Crippen molar-refractivity contribution in [2.24, 2.45) is 5.73 Å². The highest BCUT2D eigenvalue weighted by Gasteiger charge is 2.21. The lowest BCUT2D eigenvalue weighted by Gasteiger charge is -2.23. The molecule has 4 N–H and O–H groups in total. The van der Waals surface area contributed by atoms with Gasteiger partial charge in [-0.3, -0.25) is 0 Å². The number of aliphatic hydroxyl groups excluding tert-OH is 1. The molecule has 0 amide bonds. The molecule has 7 heteroatoms. The minimum atomic E-state index is -1.12. The standard InChI is InChI=1S/C26H26ClNO4S/c27-24-16-23(10-9-20(24)11-13-26(28,18-29)14-12-25(30)31)33-22-8-4-7-21(15-22)32-17-19-5-2-1-3-6-19/h1-10,12,14-16,29H,11,13,17-18,28H2,(H,30,31). The van der Waals surface area contributed by atoms with Crippen LogP contribution in [0.2, 0.25) is 5.02 Å². The molecule has 0 aliphatic rings. The number of rotatable bonds is 11. The predicted octanol–water partition coefficient (Wildman–Crippen LogP) is 5.33. The number of aryl methyl sites for hydroxylation is 1. The number of halogens is 1. The first-order valence-electron chi connectivity index (χ1n) is 10.4. The zero-order valence-corrected chi connectivity index (χ0v) is 19.6. The Morgan fingerprint density at radius 1 is 1.06 bits per heavy atom. The van der Waals surface area contributed by atoms with Crippen molar-refractivity contribution in [3.05, 3.63) is 101 Å². The molecule has 0 saturated carbocycles. The first-order chi connectivity index (χ1) is 15.9. The summed E-state index contributed by atoms with van der Waals surface area (Å²) in [5, 5.41) is 19.0. The van der Waals surface area contributed by atoms with Crippen LogP contribution in [0.25, 0.3) is 0 Å². The molecule has 1 atom stereocenters. The van der Waals surface area contributed by atoms with Crippen LogP contribution >= 0.6 is 23.4 Å². The molecule has 0 aliphatic heterocycles. The molecule has 0 spiro atoms. The summed E-state index contributed by atoms with van der Waals surface area (Å²) in [6.07, 6.45) is 3.14. The lowest BCUT2D eigenvalue weighted by Crippen LogP contribution is -2.42. The minimum absolute atomic E-state index is 0.356. The first-order valence-corrected chi connectivity index (χ1v) is 11.6. The van der Waals surface area contributed by atoms with Crippen molar-refractivity contribution in [1.82, 2.24) is 0 Å². The number of carbonyl (C=O) groups is 1. The number of benzene rings is 3. The van der Waals surface area contributed by atoms with E-state index in [0.29, 0.717) is 24.5 Å². The lowest BCUT2D eigenvalue weighted by atomic mass is 9.92. The van der Waals surface area contributed by atoms with Crippen molar-refractivity contribution >= 4 is 29.3 Å². The summed E-state index contributed by atoms with van der Waals surface area (Å²) >= 11 is 8.07. The number of hydrogen-bond acceptors (Lipinski definition) is 5. The van der Waals surface area contributed by atoms with Crippen LogP contribution in [-0.2, 0) is 17.8 Å². The second-order valence-electron chi connectivity index (χ2n) is 7.67. The summed E-state index contributed by atoms with van der Waals surface area (Å²) in [5.74, 6) is -0.309. The van der Waals surface area contributed by atoms with Crippen molar-refractivity contribution in [2.75, 3.05) is 6.61 Å². The Hall–Kier alpha value is -2.77. The van der Waals surface area contributed by atoms with Crippen molar-refractivity contribution in [1.29, 1.82) is 0 Å². The van der Waals surface area contributed by atoms with Gasteiger partial charge >= 0.3 is 5.97 Å². The number of carboxylic acids is 1. The summed E-state index contributed by atoms with van der Waals surface area (Å²) in [6.45, 7) is 0.151. The number of hydrogen-bond donors (Lipinski definition) is 3. The molecule has 0 bridgehead atoms. The maximum absolute atomic E-state index is 10.7. The van der Waals surface area contributed by atoms with Crippen LogP contribution in [0.4, 0.5) is 0 Å². The first kappa shape index (κ1) is 24.9. The van der Waals surface area contributed by atoms with Gasteiger partial charge in [0.15, 0.2) is 0 Å². The number of carboxylic acid groups (broad SMARTS) is 1. The van der Waals surface area contributed by atoms with Gasteiger partial charge in [-0.15, -0.1) is 0 Å². The number of nitrogens with two attached hydrogens (primary N) is 1. The van der Waals surface area contributed by atoms with Crippen molar-refractivity contribution in [2.45, 2.75) is 34.8 Å². The van der Waals surface area contributed by atoms with Gasteiger partial charge in [-0.2, -0.15) is 0 Å². The fraction of sp³-hybridized carbons (Fsp3) is 0.192. The van der Waals surface area contributed by atoms with Gasteiger partial charge in [0, 0.05) is 20.9 Å². The van der Waals surface area contributed by atoms with E-state index in [4.69, 9.17) is 27.2 Å². The van der Waals surface area contributed by atoms with Crippen molar-refractivity contribution in [3.8, 4) is 5.75 Å². The van der Waals surface area contributed by atoms with Gasteiger partial charge in [0.05, 0.1) is 12.1 Å². The highest BCUT2D eigenvalue weighted by atomic mass is 35.5. The van der Waals surface area contributed by atoms with E-state index in [-0.39, 0.29) is 6.61 Å². The second kappa shape index (κ2) is 11.9. The normalized spacial score (nSPS) is 13.1. The predicted molar refractivity (Wildman–Crippen MR) is 132 cm³/mol. The Labute approximate surface area is 202 Å². The lowest BCUT2D eigenvalue weighted by molar-refractivity contribution is -0.131. The van der Waals surface area contributed by atoms with Gasteiger partial charge in [-0.1, -0.05) is 71.9 Å². The van der Waals surface area contributed by atoms with E-state index in [0.717, 1.165) is 32.7 Å². The maximum atomic E-state index is 10.7. The molecule has 3 aromatic carbocycles. The van der Waals surface area contributed by atoms with E-state index in [1.165, 1.54) is 6.08 Å². The van der Waals surface area contributed by atoms with Gasteiger partial charge in [0.2, 0.25) is 0 Å². The van der Waals surface area contributed by atoms with Crippen LogP contribution in [0.3, 0.4) is 0 Å². The Morgan fingerprint density at radius 3 is 2.52 bits per heavy atom. The van der Waals surface area contributed by atoms with Crippen molar-refractivity contribution < 1.29 is 19.7 Å². The van der Waals surface area contributed by atoms with E-state index < -0.39 is 11.5 Å². The van der Waals surface area contributed by atoms with E-state index in [1.807, 2.05) is 72.8 Å². The molecular formula is C26H26ClNO4S. The van der Waals surface area contributed by atoms with E-state index in [9.17, 15) is 9.90 Å². The molecule has 0 radical (unpaired) electrons. The van der Waals surface area contributed by atoms with Crippen molar-refractivity contribution in [3.63, 3.8) is 0 Å². The van der Waals surface area contributed by atoms with Crippen LogP contribution in [0.15, 0.2) is 94.7 Å². The van der Waals surface area contributed by atoms with Gasteiger partial charge in [0.1, 0.15) is 12.4 Å². The third-order valence-electron chi connectivity index (χ3n) is 5.03. The van der Waals surface area contributed by atoms with E-state index in [1.54, 1.807) is 11.8 Å². The van der Waals surface area contributed by atoms with Crippen LogP contribution in [0.5, 0.6) is 5.75 Å². The molecular weight excluding hydrogens is 458 g/mol. The number of aliphatic carboxylic acids is 1. The topological polar surface area (TPSA) is 92.8 Å². The molecule has 0 aliphatic carbocycles. The molecule has 0 heterocycles. The average Bonchev–Trinajstić information content (AvgIpc) is 2.82. The molecule has 0 aromatic heterocycles. The second-order valence-corrected chi connectivity index (χ2v) is 9.22. The molecule has 5 nitrogen and oxygen atoms in total. The Balaban J connectivity index is 1.61. The fourth-order valence-electron chi connectivity index (χ4n) is 3.12. The van der Waals surface area contributed by atoms with E-state index >= 15 is 0 Å². The van der Waals surface area contributed by atoms with Crippen LogP contribution in [-0.4, -0.2) is 28.3 Å². The largest absolute Gasteiger partial charge is 0.489 e. The summed E-state index contributed by atoms with van der Waals surface area (Å²) in [4.78, 5) is 12.8. The number of aliphatic hydroxyl groups is 1. The summed E-state index contributed by atoms with van der Waals surface area (Å²) in [5.41, 5.74) is 6.97. The zero-order chi connectivity index (χ0) is 23.7. The van der Waals surface area contributed by atoms with Gasteiger partial charge < -0.3 is 20.7 Å². The molecule has 3 rings (SSSR count). The molecule has 0 fully saturated rings. The van der Waals surface area contributed by atoms with Gasteiger partial charge in [-0.05, 0) is 54.3 Å². The average molecular weight is 484 g/mol. The Morgan fingerprint density at radius 2 is 1.82 bits per heavy atom. The highest BCUT2D eigenvalue weighted by Crippen LogP contribution is 2.33. The minimum Gasteiger partial charge on any atom is -0.489 e. The summed E-state index contributed by atoms with van der Waals surface area (Å²) in [7, 11) is 0. The highest BCUT2D eigenvalue weighted by molar-refractivity contribution is 7.99. The summed E-state index contributed by atoms with van der Waals surface area (Å²) < 4.78 is 5.91.